The first-order valence-corrected chi connectivity index (χ1v) is 7.09. The van der Waals surface area contributed by atoms with Gasteiger partial charge in [0, 0.05) is 5.56 Å². The standard InChI is InChI=1S/C12H13N7O2S/c1-20-8-4-3-7(5-9(8)21-2)11-15-18-19(17-11)6-10-14-16-12(13)22-10/h3-5H,6H2,1-2H3,(H2,13,16). The number of methoxy groups -OCH3 is 2. The van der Waals surface area contributed by atoms with Gasteiger partial charge in [-0.1, -0.05) is 11.3 Å². The van der Waals surface area contributed by atoms with Crippen LogP contribution in [0.5, 0.6) is 11.5 Å². The van der Waals surface area contributed by atoms with Gasteiger partial charge < -0.3 is 15.2 Å². The van der Waals surface area contributed by atoms with Gasteiger partial charge in [-0.05, 0) is 23.4 Å². The number of tetrazole rings is 1. The van der Waals surface area contributed by atoms with Crippen LogP contribution in [0.3, 0.4) is 0 Å². The van der Waals surface area contributed by atoms with E-state index in [1.165, 1.54) is 16.1 Å². The molecule has 0 aliphatic heterocycles. The zero-order valence-corrected chi connectivity index (χ0v) is 12.7. The molecule has 0 saturated heterocycles. The van der Waals surface area contributed by atoms with E-state index in [-0.39, 0.29) is 0 Å². The molecule has 0 bridgehead atoms. The van der Waals surface area contributed by atoms with Crippen LogP contribution in [0, 0.1) is 0 Å². The Morgan fingerprint density at radius 3 is 2.64 bits per heavy atom. The van der Waals surface area contributed by atoms with Crippen molar-refractivity contribution in [3.63, 3.8) is 0 Å². The fourth-order valence-electron chi connectivity index (χ4n) is 1.85. The summed E-state index contributed by atoms with van der Waals surface area (Å²) in [5.74, 6) is 1.73. The molecule has 0 fully saturated rings. The van der Waals surface area contributed by atoms with Crippen molar-refractivity contribution in [1.29, 1.82) is 0 Å². The second-order valence-electron chi connectivity index (χ2n) is 4.25. The lowest BCUT2D eigenvalue weighted by molar-refractivity contribution is 0.355. The van der Waals surface area contributed by atoms with E-state index in [1.54, 1.807) is 26.4 Å². The van der Waals surface area contributed by atoms with E-state index in [2.05, 4.69) is 25.6 Å². The quantitative estimate of drug-likeness (QED) is 0.736. The van der Waals surface area contributed by atoms with Crippen LogP contribution >= 0.6 is 11.3 Å². The summed E-state index contributed by atoms with van der Waals surface area (Å²) in [6, 6.07) is 5.43. The van der Waals surface area contributed by atoms with Gasteiger partial charge in [0.15, 0.2) is 11.5 Å². The fraction of sp³-hybridized carbons (Fsp3) is 0.250. The van der Waals surface area contributed by atoms with E-state index >= 15 is 0 Å². The molecule has 1 aromatic carbocycles. The lowest BCUT2D eigenvalue weighted by Gasteiger charge is -2.07. The molecule has 0 radical (unpaired) electrons. The summed E-state index contributed by atoms with van der Waals surface area (Å²) in [4.78, 5) is 1.44. The zero-order valence-electron chi connectivity index (χ0n) is 11.9. The number of aromatic nitrogens is 6. The largest absolute Gasteiger partial charge is 0.493 e. The highest BCUT2D eigenvalue weighted by Gasteiger charge is 2.11. The van der Waals surface area contributed by atoms with Crippen molar-refractivity contribution in [2.75, 3.05) is 20.0 Å². The van der Waals surface area contributed by atoms with E-state index < -0.39 is 0 Å². The van der Waals surface area contributed by atoms with E-state index in [4.69, 9.17) is 15.2 Å². The summed E-state index contributed by atoms with van der Waals surface area (Å²) in [6.07, 6.45) is 0. The number of anilines is 1. The van der Waals surface area contributed by atoms with Crippen molar-refractivity contribution in [1.82, 2.24) is 30.4 Å². The number of nitrogens with two attached hydrogens (primary N) is 1. The number of rotatable bonds is 5. The van der Waals surface area contributed by atoms with Gasteiger partial charge in [0.05, 0.1) is 14.2 Å². The molecule has 0 amide bonds. The predicted molar refractivity (Wildman–Crippen MR) is 79.8 cm³/mol. The van der Waals surface area contributed by atoms with Crippen LogP contribution in [0.2, 0.25) is 0 Å². The second kappa shape index (κ2) is 5.93. The molecule has 2 aromatic heterocycles. The van der Waals surface area contributed by atoms with Crippen molar-refractivity contribution in [3.8, 4) is 22.9 Å². The SMILES string of the molecule is COc1ccc(-c2nnn(Cc3nnc(N)s3)n2)cc1OC. The molecule has 9 nitrogen and oxygen atoms in total. The number of benzene rings is 1. The molecule has 10 heteroatoms. The molecule has 3 rings (SSSR count). The molecule has 22 heavy (non-hydrogen) atoms. The molecule has 3 aromatic rings. The smallest absolute Gasteiger partial charge is 0.205 e. The van der Waals surface area contributed by atoms with Crippen molar-refractivity contribution in [2.45, 2.75) is 6.54 Å². The summed E-state index contributed by atoms with van der Waals surface area (Å²) < 4.78 is 10.5. The molecular formula is C12H13N7O2S. The Bertz CT molecular complexity index is 785. The summed E-state index contributed by atoms with van der Waals surface area (Å²) in [6.45, 7) is 0.370. The van der Waals surface area contributed by atoms with E-state index in [0.29, 0.717) is 34.0 Å². The lowest BCUT2D eigenvalue weighted by atomic mass is 10.2. The maximum atomic E-state index is 5.54. The minimum Gasteiger partial charge on any atom is -0.493 e. The molecule has 0 aliphatic rings. The molecule has 0 unspecified atom stereocenters. The Morgan fingerprint density at radius 1 is 1.14 bits per heavy atom. The number of hydrogen-bond acceptors (Lipinski definition) is 9. The number of ether oxygens (including phenoxy) is 2. The van der Waals surface area contributed by atoms with E-state index in [9.17, 15) is 0 Å². The molecule has 0 aliphatic carbocycles. The molecule has 0 atom stereocenters. The molecule has 114 valence electrons. The van der Waals surface area contributed by atoms with Crippen LogP contribution in [0.4, 0.5) is 5.13 Å². The monoisotopic (exact) mass is 319 g/mol. The average molecular weight is 319 g/mol. The Kier molecular flexibility index (Phi) is 3.83. The Labute approximate surface area is 129 Å². The van der Waals surface area contributed by atoms with Gasteiger partial charge in [-0.25, -0.2) is 0 Å². The third kappa shape index (κ3) is 2.81. The Balaban J connectivity index is 1.84. The predicted octanol–water partition coefficient (Wildman–Crippen LogP) is 0.839. The highest BCUT2D eigenvalue weighted by atomic mass is 32.1. The van der Waals surface area contributed by atoms with E-state index in [0.717, 1.165) is 5.56 Å². The van der Waals surface area contributed by atoms with Gasteiger partial charge in [0.2, 0.25) is 11.0 Å². The second-order valence-corrected chi connectivity index (χ2v) is 5.34. The summed E-state index contributed by atoms with van der Waals surface area (Å²) in [7, 11) is 3.16. The number of nitrogen functional groups attached to an aromatic ring is 1. The Hall–Kier alpha value is -2.75. The molecule has 0 saturated carbocycles. The van der Waals surface area contributed by atoms with Crippen molar-refractivity contribution >= 4 is 16.5 Å². The molecule has 2 N–H and O–H groups in total. The van der Waals surface area contributed by atoms with Gasteiger partial charge >= 0.3 is 0 Å². The van der Waals surface area contributed by atoms with E-state index in [1.807, 2.05) is 6.07 Å². The highest BCUT2D eigenvalue weighted by Crippen LogP contribution is 2.30. The summed E-state index contributed by atoms with van der Waals surface area (Å²) >= 11 is 1.29. The normalized spacial score (nSPS) is 10.6. The summed E-state index contributed by atoms with van der Waals surface area (Å²) in [5, 5.41) is 21.1. The zero-order chi connectivity index (χ0) is 15.5. The minimum absolute atomic E-state index is 0.370. The first-order valence-electron chi connectivity index (χ1n) is 6.27. The average Bonchev–Trinajstić information content (AvgIpc) is 3.16. The Morgan fingerprint density at radius 2 is 1.95 bits per heavy atom. The van der Waals surface area contributed by atoms with Crippen LogP contribution in [-0.2, 0) is 6.54 Å². The minimum atomic E-state index is 0.370. The first kappa shape index (κ1) is 14.2. The van der Waals surface area contributed by atoms with Crippen LogP contribution in [0.15, 0.2) is 18.2 Å². The van der Waals surface area contributed by atoms with Crippen LogP contribution in [0.1, 0.15) is 5.01 Å². The van der Waals surface area contributed by atoms with Gasteiger partial charge in [0.1, 0.15) is 11.6 Å². The van der Waals surface area contributed by atoms with Crippen molar-refractivity contribution in [2.24, 2.45) is 0 Å². The van der Waals surface area contributed by atoms with Crippen LogP contribution in [0.25, 0.3) is 11.4 Å². The van der Waals surface area contributed by atoms with Gasteiger partial charge in [-0.3, -0.25) is 0 Å². The summed E-state index contributed by atoms with van der Waals surface area (Å²) in [5.41, 5.74) is 6.32. The highest BCUT2D eigenvalue weighted by molar-refractivity contribution is 7.15. The maximum Gasteiger partial charge on any atom is 0.205 e. The van der Waals surface area contributed by atoms with Gasteiger partial charge in [-0.15, -0.1) is 20.4 Å². The fourth-order valence-corrected chi connectivity index (χ4v) is 2.44. The lowest BCUT2D eigenvalue weighted by Crippen LogP contribution is -2.03. The van der Waals surface area contributed by atoms with Gasteiger partial charge in [0.25, 0.3) is 0 Å². The van der Waals surface area contributed by atoms with Crippen LogP contribution < -0.4 is 15.2 Å². The van der Waals surface area contributed by atoms with Crippen LogP contribution in [-0.4, -0.2) is 44.6 Å². The maximum absolute atomic E-state index is 5.54. The topological polar surface area (TPSA) is 114 Å². The molecule has 0 spiro atoms. The molecular weight excluding hydrogens is 306 g/mol. The third-order valence-corrected chi connectivity index (χ3v) is 3.59. The number of nitrogens with zero attached hydrogens (tertiary/aromatic N) is 6. The van der Waals surface area contributed by atoms with Gasteiger partial charge in [-0.2, -0.15) is 4.80 Å². The first-order chi connectivity index (χ1) is 10.7. The van der Waals surface area contributed by atoms with Crippen molar-refractivity contribution in [3.05, 3.63) is 23.2 Å². The van der Waals surface area contributed by atoms with Crippen molar-refractivity contribution < 1.29 is 9.47 Å². The molecule has 2 heterocycles. The third-order valence-electron chi connectivity index (χ3n) is 2.85. The number of hydrogen-bond donors (Lipinski definition) is 1.